The Kier molecular flexibility index (Phi) is 3.46. The van der Waals surface area contributed by atoms with Crippen LogP contribution in [0.1, 0.15) is 38.5 Å². The minimum atomic E-state index is 0.280. The van der Waals surface area contributed by atoms with Crippen molar-refractivity contribution in [2.45, 2.75) is 44.6 Å². The largest absolute Gasteiger partial charge is 0.495 e. The van der Waals surface area contributed by atoms with E-state index in [4.69, 9.17) is 9.47 Å². The van der Waals surface area contributed by atoms with Crippen molar-refractivity contribution in [3.05, 3.63) is 11.8 Å². The SMILES string of the molecule is COC1CC=C(C2CCCCC2)OC1. The van der Waals surface area contributed by atoms with Crippen molar-refractivity contribution in [2.75, 3.05) is 13.7 Å². The molecule has 0 amide bonds. The summed E-state index contributed by atoms with van der Waals surface area (Å²) in [5.41, 5.74) is 0. The third-order valence-corrected chi connectivity index (χ3v) is 3.36. The Morgan fingerprint density at radius 3 is 2.64 bits per heavy atom. The van der Waals surface area contributed by atoms with E-state index >= 15 is 0 Å². The van der Waals surface area contributed by atoms with Crippen LogP contribution in [-0.2, 0) is 9.47 Å². The fourth-order valence-electron chi connectivity index (χ4n) is 2.40. The summed E-state index contributed by atoms with van der Waals surface area (Å²) in [6.45, 7) is 0.749. The van der Waals surface area contributed by atoms with Crippen LogP contribution in [0.2, 0.25) is 0 Å². The maximum Gasteiger partial charge on any atom is 0.114 e. The summed E-state index contributed by atoms with van der Waals surface area (Å²) in [6.07, 6.45) is 10.4. The van der Waals surface area contributed by atoms with Crippen LogP contribution < -0.4 is 0 Å². The van der Waals surface area contributed by atoms with Crippen LogP contribution >= 0.6 is 0 Å². The number of hydrogen-bond acceptors (Lipinski definition) is 2. The van der Waals surface area contributed by atoms with Crippen molar-refractivity contribution in [1.82, 2.24) is 0 Å². The summed E-state index contributed by atoms with van der Waals surface area (Å²) < 4.78 is 11.0. The highest BCUT2D eigenvalue weighted by molar-refractivity contribution is 5.03. The molecule has 0 aromatic heterocycles. The van der Waals surface area contributed by atoms with Gasteiger partial charge in [-0.1, -0.05) is 19.3 Å². The van der Waals surface area contributed by atoms with E-state index in [0.717, 1.165) is 13.0 Å². The molecule has 1 atom stereocenters. The van der Waals surface area contributed by atoms with Gasteiger partial charge in [-0.15, -0.1) is 0 Å². The predicted octanol–water partition coefficient (Wildman–Crippen LogP) is 2.89. The summed E-state index contributed by atoms with van der Waals surface area (Å²) in [6, 6.07) is 0. The van der Waals surface area contributed by atoms with Gasteiger partial charge in [0, 0.05) is 13.0 Å². The fraction of sp³-hybridized carbons (Fsp3) is 0.833. The Labute approximate surface area is 86.3 Å². The van der Waals surface area contributed by atoms with Gasteiger partial charge < -0.3 is 9.47 Å². The number of rotatable bonds is 2. The van der Waals surface area contributed by atoms with Crippen LogP contribution in [-0.4, -0.2) is 19.8 Å². The van der Waals surface area contributed by atoms with Gasteiger partial charge in [-0.3, -0.25) is 0 Å². The fourth-order valence-corrected chi connectivity index (χ4v) is 2.40. The van der Waals surface area contributed by atoms with Crippen LogP contribution in [0, 0.1) is 5.92 Å². The minimum Gasteiger partial charge on any atom is -0.495 e. The molecule has 2 nitrogen and oxygen atoms in total. The molecule has 2 rings (SSSR count). The maximum absolute atomic E-state index is 5.76. The smallest absolute Gasteiger partial charge is 0.114 e. The zero-order valence-electron chi connectivity index (χ0n) is 9.00. The summed E-state index contributed by atoms with van der Waals surface area (Å²) in [4.78, 5) is 0. The van der Waals surface area contributed by atoms with Gasteiger partial charge in [-0.05, 0) is 25.3 Å². The molecule has 1 aliphatic carbocycles. The van der Waals surface area contributed by atoms with E-state index in [0.29, 0.717) is 5.92 Å². The van der Waals surface area contributed by atoms with Gasteiger partial charge in [0.25, 0.3) is 0 Å². The molecule has 2 aliphatic rings. The first-order valence-electron chi connectivity index (χ1n) is 5.76. The summed E-state index contributed by atoms with van der Waals surface area (Å²) in [5, 5.41) is 0. The van der Waals surface area contributed by atoms with Crippen molar-refractivity contribution in [1.29, 1.82) is 0 Å². The monoisotopic (exact) mass is 196 g/mol. The third-order valence-electron chi connectivity index (χ3n) is 3.36. The molecule has 0 radical (unpaired) electrons. The van der Waals surface area contributed by atoms with E-state index in [1.807, 2.05) is 0 Å². The van der Waals surface area contributed by atoms with Gasteiger partial charge in [0.1, 0.15) is 6.61 Å². The Bertz CT molecular complexity index is 204. The first kappa shape index (κ1) is 10.0. The molecule has 0 bridgehead atoms. The molecular weight excluding hydrogens is 176 g/mol. The van der Waals surface area contributed by atoms with Crippen LogP contribution in [0.25, 0.3) is 0 Å². The zero-order valence-corrected chi connectivity index (χ0v) is 9.00. The van der Waals surface area contributed by atoms with E-state index in [1.165, 1.54) is 37.9 Å². The average Bonchev–Trinajstić information content (AvgIpc) is 2.30. The predicted molar refractivity (Wildman–Crippen MR) is 56.0 cm³/mol. The molecule has 2 heteroatoms. The lowest BCUT2D eigenvalue weighted by atomic mass is 9.87. The van der Waals surface area contributed by atoms with Gasteiger partial charge in [0.05, 0.1) is 11.9 Å². The molecule has 1 unspecified atom stereocenters. The van der Waals surface area contributed by atoms with E-state index in [9.17, 15) is 0 Å². The minimum absolute atomic E-state index is 0.280. The molecule has 0 aromatic carbocycles. The van der Waals surface area contributed by atoms with Crippen molar-refractivity contribution in [3.8, 4) is 0 Å². The van der Waals surface area contributed by atoms with Gasteiger partial charge in [-0.25, -0.2) is 0 Å². The Morgan fingerprint density at radius 2 is 2.07 bits per heavy atom. The zero-order chi connectivity index (χ0) is 9.80. The summed E-state index contributed by atoms with van der Waals surface area (Å²) >= 11 is 0. The second kappa shape index (κ2) is 4.83. The van der Waals surface area contributed by atoms with Crippen LogP contribution in [0.15, 0.2) is 11.8 Å². The molecular formula is C12H20O2. The van der Waals surface area contributed by atoms with Crippen LogP contribution in [0.5, 0.6) is 0 Å². The number of ether oxygens (including phenoxy) is 2. The highest BCUT2D eigenvalue weighted by Crippen LogP contribution is 2.32. The topological polar surface area (TPSA) is 18.5 Å². The Balaban J connectivity index is 1.88. The molecule has 1 saturated carbocycles. The van der Waals surface area contributed by atoms with E-state index in [-0.39, 0.29) is 6.10 Å². The number of allylic oxidation sites excluding steroid dienone is 1. The second-order valence-corrected chi connectivity index (χ2v) is 4.35. The first-order chi connectivity index (χ1) is 6.90. The van der Waals surface area contributed by atoms with E-state index in [2.05, 4.69) is 6.08 Å². The molecule has 1 fully saturated rings. The molecule has 0 aromatic rings. The Hall–Kier alpha value is -0.500. The number of hydrogen-bond donors (Lipinski definition) is 0. The van der Waals surface area contributed by atoms with Crippen molar-refractivity contribution in [3.63, 3.8) is 0 Å². The molecule has 0 spiro atoms. The molecule has 0 saturated heterocycles. The Morgan fingerprint density at radius 1 is 1.29 bits per heavy atom. The van der Waals surface area contributed by atoms with Crippen LogP contribution in [0.4, 0.5) is 0 Å². The maximum atomic E-state index is 5.76. The average molecular weight is 196 g/mol. The second-order valence-electron chi connectivity index (χ2n) is 4.35. The molecule has 80 valence electrons. The highest BCUT2D eigenvalue weighted by Gasteiger charge is 2.23. The third kappa shape index (κ3) is 2.30. The lowest BCUT2D eigenvalue weighted by Crippen LogP contribution is -2.24. The van der Waals surface area contributed by atoms with Crippen molar-refractivity contribution >= 4 is 0 Å². The normalized spacial score (nSPS) is 29.5. The molecule has 1 heterocycles. The van der Waals surface area contributed by atoms with Gasteiger partial charge in [0.15, 0.2) is 0 Å². The first-order valence-corrected chi connectivity index (χ1v) is 5.76. The summed E-state index contributed by atoms with van der Waals surface area (Å²) in [5.74, 6) is 1.96. The molecule has 1 aliphatic heterocycles. The summed E-state index contributed by atoms with van der Waals surface area (Å²) in [7, 11) is 1.76. The van der Waals surface area contributed by atoms with Gasteiger partial charge in [-0.2, -0.15) is 0 Å². The van der Waals surface area contributed by atoms with Gasteiger partial charge in [0.2, 0.25) is 0 Å². The van der Waals surface area contributed by atoms with E-state index < -0.39 is 0 Å². The molecule has 14 heavy (non-hydrogen) atoms. The number of methoxy groups -OCH3 is 1. The highest BCUT2D eigenvalue weighted by atomic mass is 16.5. The van der Waals surface area contributed by atoms with Crippen LogP contribution in [0.3, 0.4) is 0 Å². The van der Waals surface area contributed by atoms with E-state index in [1.54, 1.807) is 7.11 Å². The van der Waals surface area contributed by atoms with Gasteiger partial charge >= 0.3 is 0 Å². The standard InChI is InChI=1S/C12H20O2/c1-13-11-7-8-12(14-9-11)10-5-3-2-4-6-10/h8,10-11H,2-7,9H2,1H3. The lowest BCUT2D eigenvalue weighted by Gasteiger charge is -2.29. The quantitative estimate of drug-likeness (QED) is 0.676. The lowest BCUT2D eigenvalue weighted by molar-refractivity contribution is 0.0117. The molecule has 0 N–H and O–H groups in total. The van der Waals surface area contributed by atoms with Crippen molar-refractivity contribution in [2.24, 2.45) is 5.92 Å². The van der Waals surface area contributed by atoms with Crippen molar-refractivity contribution < 1.29 is 9.47 Å².